The second kappa shape index (κ2) is 4.11. The molecule has 2 aromatic rings. The van der Waals surface area contributed by atoms with Gasteiger partial charge in [0.25, 0.3) is 0 Å². The van der Waals surface area contributed by atoms with Gasteiger partial charge >= 0.3 is 11.1 Å². The minimum Gasteiger partial charge on any atom is -0.303 e. The Bertz CT molecular complexity index is 791. The minimum absolute atomic E-state index is 0.0498. The molecule has 0 radical (unpaired) electrons. The first-order valence-electron chi connectivity index (χ1n) is 6.38. The number of hydrogen-bond acceptors (Lipinski definition) is 5. The van der Waals surface area contributed by atoms with Gasteiger partial charge in [0.15, 0.2) is 3.92 Å². The monoisotopic (exact) mass is 354 g/mol. The molecule has 0 aromatic carbocycles. The quantitative estimate of drug-likeness (QED) is 0.776. The maximum Gasteiger partial charge on any atom is 0.316 e. The predicted molar refractivity (Wildman–Crippen MR) is 77.0 cm³/mol. The van der Waals surface area contributed by atoms with Crippen LogP contribution in [0.2, 0.25) is 0 Å². The largest absolute Gasteiger partial charge is 0.316 e. The van der Waals surface area contributed by atoms with Crippen molar-refractivity contribution in [3.05, 3.63) is 42.0 Å². The molecule has 8 heteroatoms. The molecule has 0 saturated heterocycles. The van der Waals surface area contributed by atoms with Crippen molar-refractivity contribution < 1.29 is 0 Å². The van der Waals surface area contributed by atoms with Crippen molar-refractivity contribution in [3.8, 4) is 0 Å². The number of rotatable bonds is 3. The fourth-order valence-corrected chi connectivity index (χ4v) is 4.38. The highest BCUT2D eigenvalue weighted by Gasteiger charge is 2.58. The van der Waals surface area contributed by atoms with Crippen molar-refractivity contribution >= 4 is 27.3 Å². The molecule has 3 fully saturated rings. The van der Waals surface area contributed by atoms with Crippen LogP contribution in [-0.2, 0) is 12.1 Å². The zero-order valence-electron chi connectivity index (χ0n) is 10.5. The van der Waals surface area contributed by atoms with Gasteiger partial charge in [-0.3, -0.25) is 9.59 Å². The zero-order valence-corrected chi connectivity index (χ0v) is 12.9. The highest BCUT2D eigenvalue weighted by molar-refractivity contribution is 9.11. The molecule has 3 aliphatic carbocycles. The van der Waals surface area contributed by atoms with E-state index in [1.54, 1.807) is 17.0 Å². The fourth-order valence-electron chi connectivity index (χ4n) is 3.18. The Balaban J connectivity index is 1.70. The molecule has 3 aliphatic rings. The number of nitrogens with zero attached hydrogens (tertiary/aromatic N) is 4. The Labute approximate surface area is 126 Å². The molecule has 0 N–H and O–H groups in total. The maximum atomic E-state index is 12.2. The molecule has 2 heterocycles. The number of hydrogen-bond donors (Lipinski definition) is 0. The first-order chi connectivity index (χ1) is 9.57. The van der Waals surface area contributed by atoms with Crippen molar-refractivity contribution in [2.45, 2.75) is 31.3 Å². The lowest BCUT2D eigenvalue weighted by molar-refractivity contribution is -0.0919. The summed E-state index contributed by atoms with van der Waals surface area (Å²) in [5.74, 6) is 0.767. The molecule has 2 bridgehead atoms. The summed E-state index contributed by atoms with van der Waals surface area (Å²) in [5, 5.41) is 8.47. The van der Waals surface area contributed by atoms with E-state index < -0.39 is 11.1 Å². The molecule has 0 amide bonds. The van der Waals surface area contributed by atoms with Gasteiger partial charge in [0.05, 0.1) is 6.54 Å². The van der Waals surface area contributed by atoms with E-state index in [0.717, 1.165) is 25.2 Å². The molecular weight excluding hydrogens is 344 g/mol. The molecule has 3 saturated carbocycles. The second-order valence-electron chi connectivity index (χ2n) is 5.56. The summed E-state index contributed by atoms with van der Waals surface area (Å²) in [4.78, 5) is 24.4. The molecule has 2 aromatic heterocycles. The van der Waals surface area contributed by atoms with Crippen LogP contribution in [0.25, 0.3) is 0 Å². The maximum absolute atomic E-state index is 12.2. The van der Waals surface area contributed by atoms with Gasteiger partial charge < -0.3 is 9.13 Å². The van der Waals surface area contributed by atoms with Crippen LogP contribution in [0.5, 0.6) is 0 Å². The van der Waals surface area contributed by atoms with Gasteiger partial charge in [-0.15, -0.1) is 10.2 Å². The van der Waals surface area contributed by atoms with Gasteiger partial charge in [0.2, 0.25) is 0 Å². The van der Waals surface area contributed by atoms with E-state index in [0.29, 0.717) is 8.92 Å². The topological polar surface area (TPSA) is 69.8 Å². The zero-order chi connectivity index (χ0) is 13.9. The Hall–Kier alpha value is -1.28. The van der Waals surface area contributed by atoms with Crippen LogP contribution in [0.4, 0.5) is 0 Å². The summed E-state index contributed by atoms with van der Waals surface area (Å²) >= 11 is 4.59. The minimum atomic E-state index is -0.483. The third-order valence-corrected chi connectivity index (χ3v) is 5.66. The standard InChI is InChI=1S/C12H11BrN4O2S/c13-11-15-14-8(20-11)6-16-1-2-17(10(19)9(16)18)12-3-7(4-12)5-12/h1-2,7H,3-6H2. The fraction of sp³-hybridized carbons (Fsp3) is 0.500. The summed E-state index contributed by atoms with van der Waals surface area (Å²) < 4.78 is 3.71. The lowest BCUT2D eigenvalue weighted by atomic mass is 9.49. The van der Waals surface area contributed by atoms with Crippen LogP contribution in [0.15, 0.2) is 25.9 Å². The average molecular weight is 355 g/mol. The molecule has 0 aliphatic heterocycles. The Kier molecular flexibility index (Phi) is 2.56. The van der Waals surface area contributed by atoms with Crippen molar-refractivity contribution in [1.82, 2.24) is 19.3 Å². The van der Waals surface area contributed by atoms with E-state index >= 15 is 0 Å². The first kappa shape index (κ1) is 12.5. The summed E-state index contributed by atoms with van der Waals surface area (Å²) in [6.07, 6.45) is 6.55. The average Bonchev–Trinajstić information content (AvgIpc) is 2.70. The van der Waals surface area contributed by atoms with Gasteiger partial charge in [-0.25, -0.2) is 0 Å². The Morgan fingerprint density at radius 2 is 2.00 bits per heavy atom. The number of aromatic nitrogens is 4. The van der Waals surface area contributed by atoms with Gasteiger partial charge in [-0.05, 0) is 41.1 Å². The van der Waals surface area contributed by atoms with E-state index in [1.807, 2.05) is 0 Å². The molecule has 0 unspecified atom stereocenters. The molecule has 5 rings (SSSR count). The molecule has 104 valence electrons. The summed E-state index contributed by atoms with van der Waals surface area (Å²) in [6.45, 7) is 0.286. The van der Waals surface area contributed by atoms with Gasteiger partial charge in [0.1, 0.15) is 5.01 Å². The summed E-state index contributed by atoms with van der Waals surface area (Å²) in [7, 11) is 0. The predicted octanol–water partition coefficient (Wildman–Crippen LogP) is 1.18. The van der Waals surface area contributed by atoms with E-state index in [2.05, 4.69) is 26.1 Å². The van der Waals surface area contributed by atoms with Crippen molar-refractivity contribution in [2.24, 2.45) is 5.92 Å². The van der Waals surface area contributed by atoms with Crippen LogP contribution in [-0.4, -0.2) is 19.3 Å². The molecular formula is C12H11BrN4O2S. The van der Waals surface area contributed by atoms with Crippen LogP contribution in [0.1, 0.15) is 24.3 Å². The van der Waals surface area contributed by atoms with E-state index in [4.69, 9.17) is 0 Å². The van der Waals surface area contributed by atoms with Crippen LogP contribution in [0.3, 0.4) is 0 Å². The highest BCUT2D eigenvalue weighted by atomic mass is 79.9. The van der Waals surface area contributed by atoms with Crippen molar-refractivity contribution in [3.63, 3.8) is 0 Å². The third kappa shape index (κ3) is 1.67. The SMILES string of the molecule is O=c1c(=O)n(C23CC(C2)C3)ccn1Cc1nnc(Br)s1. The highest BCUT2D eigenvalue weighted by Crippen LogP contribution is 2.61. The van der Waals surface area contributed by atoms with Crippen molar-refractivity contribution in [2.75, 3.05) is 0 Å². The summed E-state index contributed by atoms with van der Waals surface area (Å²) in [6, 6.07) is 0. The molecule has 0 atom stereocenters. The Morgan fingerprint density at radius 3 is 2.55 bits per heavy atom. The van der Waals surface area contributed by atoms with Gasteiger partial charge in [-0.2, -0.15) is 0 Å². The Morgan fingerprint density at radius 1 is 1.25 bits per heavy atom. The van der Waals surface area contributed by atoms with Crippen LogP contribution >= 0.6 is 27.3 Å². The van der Waals surface area contributed by atoms with Crippen LogP contribution in [0, 0.1) is 5.92 Å². The lowest BCUT2D eigenvalue weighted by Crippen LogP contribution is -2.64. The smallest absolute Gasteiger partial charge is 0.303 e. The van der Waals surface area contributed by atoms with E-state index in [9.17, 15) is 9.59 Å². The molecule has 6 nitrogen and oxygen atoms in total. The van der Waals surface area contributed by atoms with E-state index in [-0.39, 0.29) is 12.1 Å². The first-order valence-corrected chi connectivity index (χ1v) is 7.99. The molecule has 20 heavy (non-hydrogen) atoms. The number of halogens is 1. The van der Waals surface area contributed by atoms with Crippen molar-refractivity contribution in [1.29, 1.82) is 0 Å². The lowest BCUT2D eigenvalue weighted by Gasteiger charge is -2.62. The van der Waals surface area contributed by atoms with Gasteiger partial charge in [-0.1, -0.05) is 11.3 Å². The second-order valence-corrected chi connectivity index (χ2v) is 7.90. The third-order valence-electron chi connectivity index (χ3n) is 4.32. The normalized spacial score (nSPS) is 26.9. The summed E-state index contributed by atoms with van der Waals surface area (Å²) in [5.41, 5.74) is -0.955. The van der Waals surface area contributed by atoms with Crippen LogP contribution < -0.4 is 11.1 Å². The van der Waals surface area contributed by atoms with Gasteiger partial charge in [0, 0.05) is 17.9 Å². The molecule has 0 spiro atoms. The van der Waals surface area contributed by atoms with E-state index in [1.165, 1.54) is 15.9 Å².